The van der Waals surface area contributed by atoms with Crippen LogP contribution in [0.2, 0.25) is 0 Å². The van der Waals surface area contributed by atoms with Crippen molar-refractivity contribution in [3.63, 3.8) is 0 Å². The van der Waals surface area contributed by atoms with E-state index in [-0.39, 0.29) is 18.5 Å². The molecule has 1 spiro atoms. The van der Waals surface area contributed by atoms with Gasteiger partial charge in [0, 0.05) is 32.5 Å². The molecule has 0 atom stereocenters. The number of fused-ring (bicyclic) bond motifs is 1. The van der Waals surface area contributed by atoms with E-state index in [1.54, 1.807) is 0 Å². The second kappa shape index (κ2) is 6.58. The Morgan fingerprint density at radius 1 is 1.12 bits per heavy atom. The average molecular weight is 334 g/mol. The fraction of sp³-hybridized carbons (Fsp3) is 0.588. The molecule has 3 aliphatic rings. The van der Waals surface area contributed by atoms with Crippen molar-refractivity contribution >= 4 is 5.91 Å². The Morgan fingerprint density at radius 2 is 1.88 bits per heavy atom. The predicted molar refractivity (Wildman–Crippen MR) is 84.7 cm³/mol. The fourth-order valence-corrected chi connectivity index (χ4v) is 3.35. The van der Waals surface area contributed by atoms with Crippen molar-refractivity contribution in [3.05, 3.63) is 23.8 Å². The molecule has 2 saturated heterocycles. The molecule has 1 amide bonds. The van der Waals surface area contributed by atoms with Crippen LogP contribution in [0.1, 0.15) is 18.4 Å². The molecule has 0 aromatic heterocycles. The van der Waals surface area contributed by atoms with E-state index in [1.807, 2.05) is 18.2 Å². The first-order valence-electron chi connectivity index (χ1n) is 8.38. The van der Waals surface area contributed by atoms with Gasteiger partial charge < -0.3 is 24.3 Å². The third kappa shape index (κ3) is 3.33. The van der Waals surface area contributed by atoms with E-state index in [0.717, 1.165) is 43.0 Å². The lowest BCUT2D eigenvalue weighted by Gasteiger charge is -2.37. The molecule has 0 radical (unpaired) electrons. The lowest BCUT2D eigenvalue weighted by molar-refractivity contribution is -0.185. The van der Waals surface area contributed by atoms with Crippen LogP contribution in [0.4, 0.5) is 0 Å². The first-order valence-corrected chi connectivity index (χ1v) is 8.38. The van der Waals surface area contributed by atoms with Crippen molar-refractivity contribution in [2.24, 2.45) is 0 Å². The molecule has 3 aliphatic heterocycles. The van der Waals surface area contributed by atoms with Crippen LogP contribution >= 0.6 is 0 Å². The quantitative estimate of drug-likeness (QED) is 0.881. The number of hydrogen-bond donors (Lipinski definition) is 1. The highest BCUT2D eigenvalue weighted by Gasteiger charge is 2.39. The minimum atomic E-state index is -0.389. The largest absolute Gasteiger partial charge is 0.454 e. The van der Waals surface area contributed by atoms with E-state index in [9.17, 15) is 4.79 Å². The van der Waals surface area contributed by atoms with Crippen LogP contribution < -0.4 is 14.8 Å². The predicted octanol–water partition coefficient (Wildman–Crippen LogP) is 0.870. The molecule has 0 bridgehead atoms. The molecule has 7 nitrogen and oxygen atoms in total. The number of ether oxygens (including phenoxy) is 4. The number of rotatable bonds is 4. The summed E-state index contributed by atoms with van der Waals surface area (Å²) < 4.78 is 22.0. The molecular weight excluding hydrogens is 312 g/mol. The van der Waals surface area contributed by atoms with Crippen molar-refractivity contribution < 1.29 is 23.7 Å². The summed E-state index contributed by atoms with van der Waals surface area (Å²) in [6.45, 7) is 4.13. The Kier molecular flexibility index (Phi) is 4.30. The second-order valence-electron chi connectivity index (χ2n) is 6.35. The van der Waals surface area contributed by atoms with Crippen LogP contribution in [0.25, 0.3) is 0 Å². The Balaban J connectivity index is 1.22. The highest BCUT2D eigenvalue weighted by atomic mass is 16.7. The average Bonchev–Trinajstić information content (AvgIpc) is 3.24. The maximum Gasteiger partial charge on any atom is 0.234 e. The lowest BCUT2D eigenvalue weighted by atomic mass is 10.0. The van der Waals surface area contributed by atoms with Crippen LogP contribution in [0.5, 0.6) is 11.5 Å². The molecular formula is C17H22N2O5. The van der Waals surface area contributed by atoms with E-state index in [2.05, 4.69) is 10.2 Å². The fourth-order valence-electron chi connectivity index (χ4n) is 3.35. The minimum absolute atomic E-state index is 0.0249. The van der Waals surface area contributed by atoms with Crippen molar-refractivity contribution in [2.75, 3.05) is 39.6 Å². The molecule has 130 valence electrons. The second-order valence-corrected chi connectivity index (χ2v) is 6.35. The number of carbonyl (C=O) groups excluding carboxylic acids is 1. The van der Waals surface area contributed by atoms with Crippen molar-refractivity contribution in [2.45, 2.75) is 25.2 Å². The van der Waals surface area contributed by atoms with Gasteiger partial charge in [-0.25, -0.2) is 0 Å². The van der Waals surface area contributed by atoms with Gasteiger partial charge in [-0.15, -0.1) is 0 Å². The number of hydrogen-bond acceptors (Lipinski definition) is 6. The van der Waals surface area contributed by atoms with E-state index in [4.69, 9.17) is 18.9 Å². The number of piperidine rings is 1. The summed E-state index contributed by atoms with van der Waals surface area (Å²) in [6, 6.07) is 5.71. The molecule has 1 aromatic carbocycles. The van der Waals surface area contributed by atoms with Gasteiger partial charge >= 0.3 is 0 Å². The smallest absolute Gasteiger partial charge is 0.234 e. The molecule has 3 heterocycles. The standard InChI is InChI=1S/C17H22N2O5/c20-16(11-19-5-3-17(4-6-19)23-7-8-24-17)18-10-13-1-2-14-15(9-13)22-12-21-14/h1-2,9H,3-8,10-12H2,(H,18,20). The van der Waals surface area contributed by atoms with Gasteiger partial charge in [0.05, 0.1) is 19.8 Å². The monoisotopic (exact) mass is 334 g/mol. The van der Waals surface area contributed by atoms with Crippen LogP contribution in [0.3, 0.4) is 0 Å². The van der Waals surface area contributed by atoms with Crippen LogP contribution in [-0.4, -0.2) is 56.2 Å². The molecule has 2 fully saturated rings. The lowest BCUT2D eigenvalue weighted by Crippen LogP contribution is -2.48. The number of benzene rings is 1. The van der Waals surface area contributed by atoms with Gasteiger partial charge in [0.1, 0.15) is 0 Å². The zero-order valence-electron chi connectivity index (χ0n) is 13.6. The summed E-state index contributed by atoms with van der Waals surface area (Å²) in [4.78, 5) is 14.3. The van der Waals surface area contributed by atoms with E-state index in [0.29, 0.717) is 26.3 Å². The molecule has 7 heteroatoms. The molecule has 0 aliphatic carbocycles. The Bertz CT molecular complexity index is 605. The highest BCUT2D eigenvalue weighted by molar-refractivity contribution is 5.78. The number of carbonyl (C=O) groups is 1. The Hall–Kier alpha value is -1.83. The number of likely N-dealkylation sites (tertiary alicyclic amines) is 1. The molecule has 24 heavy (non-hydrogen) atoms. The van der Waals surface area contributed by atoms with Gasteiger partial charge in [-0.2, -0.15) is 0 Å². The summed E-state index contributed by atoms with van der Waals surface area (Å²) >= 11 is 0. The van der Waals surface area contributed by atoms with Crippen molar-refractivity contribution in [3.8, 4) is 11.5 Å². The van der Waals surface area contributed by atoms with Crippen LogP contribution in [-0.2, 0) is 20.8 Å². The van der Waals surface area contributed by atoms with Crippen LogP contribution in [0.15, 0.2) is 18.2 Å². The maximum atomic E-state index is 12.2. The number of nitrogens with zero attached hydrogens (tertiary/aromatic N) is 1. The highest BCUT2D eigenvalue weighted by Crippen LogP contribution is 2.32. The number of amides is 1. The third-order valence-corrected chi connectivity index (χ3v) is 4.73. The van der Waals surface area contributed by atoms with E-state index < -0.39 is 0 Å². The normalized spacial score (nSPS) is 22.0. The summed E-state index contributed by atoms with van der Waals surface area (Å²) in [5.74, 6) is 1.12. The molecule has 0 unspecified atom stereocenters. The zero-order chi connectivity index (χ0) is 16.4. The van der Waals surface area contributed by atoms with Gasteiger partial charge in [-0.05, 0) is 17.7 Å². The van der Waals surface area contributed by atoms with Gasteiger partial charge in [-0.1, -0.05) is 6.07 Å². The van der Waals surface area contributed by atoms with E-state index in [1.165, 1.54) is 0 Å². The van der Waals surface area contributed by atoms with Crippen molar-refractivity contribution in [1.82, 2.24) is 10.2 Å². The summed E-state index contributed by atoms with van der Waals surface area (Å²) in [7, 11) is 0. The number of nitrogens with one attached hydrogen (secondary N) is 1. The summed E-state index contributed by atoms with van der Waals surface area (Å²) in [6.07, 6.45) is 1.64. The van der Waals surface area contributed by atoms with E-state index >= 15 is 0 Å². The van der Waals surface area contributed by atoms with Gasteiger partial charge in [-0.3, -0.25) is 9.69 Å². The van der Waals surface area contributed by atoms with Gasteiger partial charge in [0.25, 0.3) is 0 Å². The molecule has 4 rings (SSSR count). The van der Waals surface area contributed by atoms with Gasteiger partial charge in [0.2, 0.25) is 12.7 Å². The first kappa shape index (κ1) is 15.7. The maximum absolute atomic E-state index is 12.2. The van der Waals surface area contributed by atoms with Gasteiger partial charge in [0.15, 0.2) is 17.3 Å². The molecule has 0 saturated carbocycles. The van der Waals surface area contributed by atoms with Crippen molar-refractivity contribution in [1.29, 1.82) is 0 Å². The SMILES string of the molecule is O=C(CN1CCC2(CC1)OCCO2)NCc1ccc2c(c1)OCO2. The topological polar surface area (TPSA) is 69.3 Å². The minimum Gasteiger partial charge on any atom is -0.454 e. The Morgan fingerprint density at radius 3 is 2.67 bits per heavy atom. The summed E-state index contributed by atoms with van der Waals surface area (Å²) in [5, 5.41) is 2.96. The summed E-state index contributed by atoms with van der Waals surface area (Å²) in [5.41, 5.74) is 0.998. The first-order chi connectivity index (χ1) is 11.7. The van der Waals surface area contributed by atoms with Crippen LogP contribution in [0, 0.1) is 0 Å². The zero-order valence-corrected chi connectivity index (χ0v) is 13.6. The molecule has 1 aromatic rings. The Labute approximate surface area is 140 Å². The molecule has 1 N–H and O–H groups in total. The third-order valence-electron chi connectivity index (χ3n) is 4.73.